The van der Waals surface area contributed by atoms with Crippen LogP contribution in [0.1, 0.15) is 42.9 Å². The fourth-order valence-corrected chi connectivity index (χ4v) is 3.54. The van der Waals surface area contributed by atoms with Gasteiger partial charge in [-0.05, 0) is 31.9 Å². The molecule has 1 heterocycles. The van der Waals surface area contributed by atoms with E-state index >= 15 is 0 Å². The van der Waals surface area contributed by atoms with Crippen molar-refractivity contribution in [2.75, 3.05) is 0 Å². The molecule has 134 valence electrons. The van der Waals surface area contributed by atoms with Crippen molar-refractivity contribution in [2.24, 2.45) is 10.2 Å². The topological polar surface area (TPSA) is 90.7 Å². The molecule has 1 aromatic heterocycles. The van der Waals surface area contributed by atoms with Crippen LogP contribution in [0.4, 0.5) is 11.4 Å². The zero-order valence-electron chi connectivity index (χ0n) is 14.0. The highest BCUT2D eigenvalue weighted by Gasteiger charge is 2.26. The summed E-state index contributed by atoms with van der Waals surface area (Å²) >= 11 is 12.1. The molecule has 0 amide bonds. The Morgan fingerprint density at radius 2 is 1.96 bits per heavy atom. The lowest BCUT2D eigenvalue weighted by atomic mass is 10.1. The van der Waals surface area contributed by atoms with Crippen molar-refractivity contribution < 1.29 is 5.11 Å². The lowest BCUT2D eigenvalue weighted by molar-refractivity contribution is 0.368. The number of benzene rings is 1. The molecule has 0 spiro atoms. The zero-order valence-corrected chi connectivity index (χ0v) is 15.5. The summed E-state index contributed by atoms with van der Waals surface area (Å²) < 4.78 is 1.27. The average Bonchev–Trinajstić information content (AvgIpc) is 3.13. The maximum Gasteiger partial charge on any atom is 0.281 e. The van der Waals surface area contributed by atoms with Crippen LogP contribution in [0.5, 0.6) is 5.88 Å². The molecule has 1 aliphatic rings. The fraction of sp³-hybridized carbons (Fsp3) is 0.333. The number of azo groups is 1. The van der Waals surface area contributed by atoms with E-state index in [0.29, 0.717) is 10.7 Å². The minimum Gasteiger partial charge on any atom is -0.493 e. The number of pyridine rings is 1. The molecule has 1 aromatic carbocycles. The van der Waals surface area contributed by atoms with E-state index in [1.54, 1.807) is 25.1 Å². The lowest BCUT2D eigenvalue weighted by Crippen LogP contribution is -2.24. The molecule has 0 unspecified atom stereocenters. The quantitative estimate of drug-likeness (QED) is 0.694. The van der Waals surface area contributed by atoms with Crippen molar-refractivity contribution in [1.29, 1.82) is 5.26 Å². The van der Waals surface area contributed by atoms with Gasteiger partial charge in [0.1, 0.15) is 17.3 Å². The van der Waals surface area contributed by atoms with Gasteiger partial charge in [0.15, 0.2) is 5.69 Å². The van der Waals surface area contributed by atoms with E-state index < -0.39 is 5.56 Å². The Bertz CT molecular complexity index is 986. The third kappa shape index (κ3) is 3.20. The summed E-state index contributed by atoms with van der Waals surface area (Å²) in [5.74, 6) is -0.304. The van der Waals surface area contributed by atoms with Crippen molar-refractivity contribution in [2.45, 2.75) is 38.6 Å². The molecule has 8 heteroatoms. The van der Waals surface area contributed by atoms with Crippen LogP contribution in [0.25, 0.3) is 0 Å². The summed E-state index contributed by atoms with van der Waals surface area (Å²) in [4.78, 5) is 12.9. The van der Waals surface area contributed by atoms with Gasteiger partial charge in [0.2, 0.25) is 5.88 Å². The number of hydrogen-bond donors (Lipinski definition) is 1. The van der Waals surface area contributed by atoms with Gasteiger partial charge in [0, 0.05) is 11.6 Å². The second-order valence-corrected chi connectivity index (χ2v) is 6.96. The van der Waals surface area contributed by atoms with E-state index in [-0.39, 0.29) is 33.8 Å². The number of rotatable bonds is 3. The normalized spacial score (nSPS) is 14.8. The SMILES string of the molecule is Cc1c(C#N)c(O)n(C2CCCC2)c(=O)c1N=Nc1cccc(Cl)c1Cl. The predicted octanol–water partition coefficient (Wildman–Crippen LogP) is 5.57. The molecule has 26 heavy (non-hydrogen) atoms. The van der Waals surface area contributed by atoms with Crippen LogP contribution in [0, 0.1) is 18.3 Å². The maximum absolute atomic E-state index is 12.9. The van der Waals surface area contributed by atoms with E-state index in [9.17, 15) is 15.2 Å². The monoisotopic (exact) mass is 390 g/mol. The molecule has 0 atom stereocenters. The summed E-state index contributed by atoms with van der Waals surface area (Å²) in [6.45, 7) is 1.56. The molecule has 0 aliphatic heterocycles. The summed E-state index contributed by atoms with van der Waals surface area (Å²) in [7, 11) is 0. The first-order chi connectivity index (χ1) is 12.5. The molecule has 2 aromatic rings. The molecule has 6 nitrogen and oxygen atoms in total. The van der Waals surface area contributed by atoms with Crippen LogP contribution in [-0.4, -0.2) is 9.67 Å². The minimum atomic E-state index is -0.465. The number of halogens is 2. The first-order valence-electron chi connectivity index (χ1n) is 8.19. The summed E-state index contributed by atoms with van der Waals surface area (Å²) in [6, 6.07) is 6.73. The van der Waals surface area contributed by atoms with Gasteiger partial charge in [-0.3, -0.25) is 9.36 Å². The Labute approximate surface area is 160 Å². The van der Waals surface area contributed by atoms with Crippen molar-refractivity contribution >= 4 is 34.6 Å². The summed E-state index contributed by atoms with van der Waals surface area (Å²) in [5, 5.41) is 28.5. The Balaban J connectivity index is 2.16. The van der Waals surface area contributed by atoms with Gasteiger partial charge in [-0.2, -0.15) is 5.26 Å². The smallest absolute Gasteiger partial charge is 0.281 e. The van der Waals surface area contributed by atoms with Crippen molar-refractivity contribution in [3.8, 4) is 11.9 Å². The Morgan fingerprint density at radius 1 is 1.27 bits per heavy atom. The van der Waals surface area contributed by atoms with E-state index in [1.807, 2.05) is 6.07 Å². The predicted molar refractivity (Wildman–Crippen MR) is 100.0 cm³/mol. The number of nitrogens with zero attached hydrogens (tertiary/aromatic N) is 4. The van der Waals surface area contributed by atoms with Gasteiger partial charge in [-0.25, -0.2) is 0 Å². The van der Waals surface area contributed by atoms with Crippen LogP contribution in [0.15, 0.2) is 33.2 Å². The van der Waals surface area contributed by atoms with E-state index in [2.05, 4.69) is 10.2 Å². The molecule has 3 rings (SSSR count). The molecule has 0 bridgehead atoms. The zero-order chi connectivity index (χ0) is 18.8. The van der Waals surface area contributed by atoms with E-state index in [0.717, 1.165) is 25.7 Å². The molecule has 1 fully saturated rings. The van der Waals surface area contributed by atoms with Gasteiger partial charge < -0.3 is 5.11 Å². The Morgan fingerprint density at radius 3 is 2.62 bits per heavy atom. The first-order valence-corrected chi connectivity index (χ1v) is 8.95. The highest BCUT2D eigenvalue weighted by atomic mass is 35.5. The maximum atomic E-state index is 12.9. The second kappa shape index (κ2) is 7.48. The molecule has 0 radical (unpaired) electrons. The van der Waals surface area contributed by atoms with Crippen LogP contribution in [0.3, 0.4) is 0 Å². The van der Waals surface area contributed by atoms with Gasteiger partial charge in [-0.15, -0.1) is 10.2 Å². The standard InChI is InChI=1S/C18H16Cl2N4O2/c1-10-12(9-21)17(25)24(11-5-2-3-6-11)18(26)16(10)23-22-14-8-4-7-13(19)15(14)20/h4,7-8,11,25H,2-3,5-6H2,1H3. The molecule has 1 aliphatic carbocycles. The lowest BCUT2D eigenvalue weighted by Gasteiger charge is -2.18. The van der Waals surface area contributed by atoms with Crippen LogP contribution < -0.4 is 5.56 Å². The van der Waals surface area contributed by atoms with E-state index in [4.69, 9.17) is 23.2 Å². The van der Waals surface area contributed by atoms with Crippen LogP contribution >= 0.6 is 23.2 Å². The van der Waals surface area contributed by atoms with Gasteiger partial charge in [0.05, 0.1) is 10.0 Å². The Kier molecular flexibility index (Phi) is 5.30. The summed E-state index contributed by atoms with van der Waals surface area (Å²) in [5.41, 5.74) is 0.181. The Hall–Kier alpha value is -2.36. The highest BCUT2D eigenvalue weighted by Crippen LogP contribution is 2.36. The minimum absolute atomic E-state index is 0.0160. The number of aromatic hydroxyl groups is 1. The molecule has 1 N–H and O–H groups in total. The van der Waals surface area contributed by atoms with Crippen molar-refractivity contribution in [3.05, 3.63) is 49.7 Å². The highest BCUT2D eigenvalue weighted by molar-refractivity contribution is 6.43. The second-order valence-electron chi connectivity index (χ2n) is 6.17. The molecular weight excluding hydrogens is 375 g/mol. The molecule has 0 saturated heterocycles. The summed E-state index contributed by atoms with van der Waals surface area (Å²) in [6.07, 6.45) is 3.50. The third-order valence-electron chi connectivity index (χ3n) is 4.59. The third-order valence-corrected chi connectivity index (χ3v) is 5.40. The fourth-order valence-electron chi connectivity index (χ4n) is 3.20. The number of hydrogen-bond acceptors (Lipinski definition) is 5. The van der Waals surface area contributed by atoms with Crippen molar-refractivity contribution in [1.82, 2.24) is 4.57 Å². The van der Waals surface area contributed by atoms with Crippen LogP contribution in [0.2, 0.25) is 10.0 Å². The van der Waals surface area contributed by atoms with Gasteiger partial charge in [0.25, 0.3) is 5.56 Å². The van der Waals surface area contributed by atoms with E-state index in [1.165, 1.54) is 4.57 Å². The number of nitriles is 1. The van der Waals surface area contributed by atoms with Gasteiger partial charge in [-0.1, -0.05) is 42.1 Å². The largest absolute Gasteiger partial charge is 0.493 e. The first kappa shape index (κ1) is 18.4. The molecular formula is C18H16Cl2N4O2. The van der Waals surface area contributed by atoms with Crippen LogP contribution in [-0.2, 0) is 0 Å². The molecule has 1 saturated carbocycles. The number of aromatic nitrogens is 1. The van der Waals surface area contributed by atoms with Crippen molar-refractivity contribution in [3.63, 3.8) is 0 Å². The van der Waals surface area contributed by atoms with Gasteiger partial charge >= 0.3 is 0 Å². The average molecular weight is 391 g/mol.